The zero-order valence-electron chi connectivity index (χ0n) is 16.2. The Bertz CT molecular complexity index is 831. The summed E-state index contributed by atoms with van der Waals surface area (Å²) in [7, 11) is 1.36. The van der Waals surface area contributed by atoms with Gasteiger partial charge in [-0.2, -0.15) is 0 Å². The van der Waals surface area contributed by atoms with Gasteiger partial charge in [0.05, 0.1) is 25.8 Å². The number of esters is 1. The van der Waals surface area contributed by atoms with Gasteiger partial charge in [-0.15, -0.1) is 0 Å². The van der Waals surface area contributed by atoms with Crippen LogP contribution in [0.4, 0.5) is 0 Å². The number of methoxy groups -OCH3 is 1. The molecule has 0 fully saturated rings. The summed E-state index contributed by atoms with van der Waals surface area (Å²) in [5.41, 5.74) is 2.01. The van der Waals surface area contributed by atoms with Crippen molar-refractivity contribution in [1.29, 1.82) is 0 Å². The maximum absolute atomic E-state index is 12.4. The van der Waals surface area contributed by atoms with E-state index in [4.69, 9.17) is 14.2 Å². The lowest BCUT2D eigenvalue weighted by atomic mass is 10.1. The van der Waals surface area contributed by atoms with Gasteiger partial charge in [-0.25, -0.2) is 4.79 Å². The molecule has 1 aliphatic rings. The van der Waals surface area contributed by atoms with Crippen LogP contribution in [-0.4, -0.2) is 38.2 Å². The summed E-state index contributed by atoms with van der Waals surface area (Å²) in [6.07, 6.45) is 2.55. The van der Waals surface area contributed by atoms with Crippen molar-refractivity contribution in [3.8, 4) is 11.5 Å². The van der Waals surface area contributed by atoms with Crippen molar-refractivity contribution in [3.63, 3.8) is 0 Å². The summed E-state index contributed by atoms with van der Waals surface area (Å²) >= 11 is 0. The first-order chi connectivity index (χ1) is 13.6. The minimum Gasteiger partial charge on any atom is -0.494 e. The number of benzene rings is 2. The standard InChI is InChI=1S/C22H25NO5/c1-3-4-11-27-18-8-5-15(6-9-18)21(24)23-14-19-13-17-12-16(22(25)26-2)7-10-20(17)28-19/h5-10,12,19H,3-4,11,13-14H2,1-2H3,(H,23,24). The van der Waals surface area contributed by atoms with Crippen LogP contribution in [0.25, 0.3) is 0 Å². The second kappa shape index (κ2) is 9.26. The van der Waals surface area contributed by atoms with Crippen LogP contribution in [-0.2, 0) is 11.2 Å². The number of carbonyl (C=O) groups is 2. The number of carbonyl (C=O) groups excluding carboxylic acids is 2. The third-order valence-corrected chi connectivity index (χ3v) is 4.60. The van der Waals surface area contributed by atoms with Gasteiger partial charge in [0.25, 0.3) is 5.91 Å². The van der Waals surface area contributed by atoms with E-state index in [1.807, 2.05) is 0 Å². The molecule has 6 nitrogen and oxygen atoms in total. The minimum atomic E-state index is -0.373. The highest BCUT2D eigenvalue weighted by Crippen LogP contribution is 2.29. The van der Waals surface area contributed by atoms with E-state index in [0.717, 1.165) is 29.9 Å². The fraction of sp³-hybridized carbons (Fsp3) is 0.364. The molecule has 0 aromatic heterocycles. The molecule has 6 heteroatoms. The number of nitrogens with one attached hydrogen (secondary N) is 1. The molecule has 0 spiro atoms. The van der Waals surface area contributed by atoms with Gasteiger partial charge in [0.15, 0.2) is 0 Å². The van der Waals surface area contributed by atoms with Gasteiger partial charge in [-0.1, -0.05) is 13.3 Å². The summed E-state index contributed by atoms with van der Waals surface area (Å²) in [6, 6.07) is 12.3. The van der Waals surface area contributed by atoms with Crippen LogP contribution < -0.4 is 14.8 Å². The van der Waals surface area contributed by atoms with E-state index in [9.17, 15) is 9.59 Å². The lowest BCUT2D eigenvalue weighted by molar-refractivity contribution is 0.0600. The first-order valence-electron chi connectivity index (χ1n) is 9.49. The van der Waals surface area contributed by atoms with Crippen molar-refractivity contribution in [3.05, 3.63) is 59.2 Å². The van der Waals surface area contributed by atoms with Gasteiger partial charge in [0.2, 0.25) is 0 Å². The highest BCUT2D eigenvalue weighted by atomic mass is 16.5. The molecular weight excluding hydrogens is 358 g/mol. The number of ether oxygens (including phenoxy) is 3. The lowest BCUT2D eigenvalue weighted by Crippen LogP contribution is -2.34. The Morgan fingerprint density at radius 3 is 2.61 bits per heavy atom. The number of fused-ring (bicyclic) bond motifs is 1. The zero-order valence-corrected chi connectivity index (χ0v) is 16.2. The van der Waals surface area contributed by atoms with Crippen LogP contribution in [0, 0.1) is 0 Å². The first kappa shape index (κ1) is 19.7. The van der Waals surface area contributed by atoms with Gasteiger partial charge in [-0.05, 0) is 54.4 Å². The molecule has 1 amide bonds. The Hall–Kier alpha value is -3.02. The fourth-order valence-electron chi connectivity index (χ4n) is 3.02. The average Bonchev–Trinajstić information content (AvgIpc) is 3.14. The van der Waals surface area contributed by atoms with E-state index >= 15 is 0 Å². The Kier molecular flexibility index (Phi) is 6.53. The van der Waals surface area contributed by atoms with Crippen molar-refractivity contribution >= 4 is 11.9 Å². The topological polar surface area (TPSA) is 73.9 Å². The summed E-state index contributed by atoms with van der Waals surface area (Å²) in [5, 5.41) is 2.90. The van der Waals surface area contributed by atoms with Crippen LogP contribution in [0.5, 0.6) is 11.5 Å². The number of amides is 1. The smallest absolute Gasteiger partial charge is 0.337 e. The number of rotatable bonds is 8. The SMILES string of the molecule is CCCCOc1ccc(C(=O)NCC2Cc3cc(C(=O)OC)ccc3O2)cc1. The zero-order chi connectivity index (χ0) is 19.9. The molecule has 1 N–H and O–H groups in total. The predicted octanol–water partition coefficient (Wildman–Crippen LogP) is 3.39. The summed E-state index contributed by atoms with van der Waals surface area (Å²) in [6.45, 7) is 3.18. The predicted molar refractivity (Wildman–Crippen MR) is 105 cm³/mol. The minimum absolute atomic E-state index is 0.157. The molecule has 148 valence electrons. The number of unbranched alkanes of at least 4 members (excludes halogenated alkanes) is 1. The van der Waals surface area contributed by atoms with E-state index < -0.39 is 0 Å². The first-order valence-corrected chi connectivity index (χ1v) is 9.49. The summed E-state index contributed by atoms with van der Waals surface area (Å²) in [4.78, 5) is 24.0. The van der Waals surface area contributed by atoms with Crippen molar-refractivity contribution in [1.82, 2.24) is 5.32 Å². The van der Waals surface area contributed by atoms with Crippen LogP contribution in [0.2, 0.25) is 0 Å². The molecule has 0 bridgehead atoms. The van der Waals surface area contributed by atoms with E-state index in [1.165, 1.54) is 7.11 Å². The molecule has 0 radical (unpaired) electrons. The molecular formula is C22H25NO5. The second-order valence-corrected chi connectivity index (χ2v) is 6.69. The van der Waals surface area contributed by atoms with Crippen molar-refractivity contribution in [2.75, 3.05) is 20.3 Å². The molecule has 1 atom stereocenters. The van der Waals surface area contributed by atoms with Gasteiger partial charge in [-0.3, -0.25) is 4.79 Å². The molecule has 1 unspecified atom stereocenters. The van der Waals surface area contributed by atoms with E-state index in [-0.39, 0.29) is 18.0 Å². The van der Waals surface area contributed by atoms with Crippen LogP contribution >= 0.6 is 0 Å². The molecule has 1 aliphatic heterocycles. The van der Waals surface area contributed by atoms with E-state index in [1.54, 1.807) is 42.5 Å². The summed E-state index contributed by atoms with van der Waals surface area (Å²) in [5.74, 6) is 0.970. The van der Waals surface area contributed by atoms with E-state index in [2.05, 4.69) is 12.2 Å². The van der Waals surface area contributed by atoms with Gasteiger partial charge in [0, 0.05) is 12.0 Å². The van der Waals surface area contributed by atoms with Crippen molar-refractivity contribution in [2.24, 2.45) is 0 Å². The molecule has 2 aromatic rings. The molecule has 0 saturated carbocycles. The quantitative estimate of drug-likeness (QED) is 0.559. The Labute approximate surface area is 164 Å². The Morgan fingerprint density at radius 1 is 1.14 bits per heavy atom. The highest BCUT2D eigenvalue weighted by Gasteiger charge is 2.24. The second-order valence-electron chi connectivity index (χ2n) is 6.69. The largest absolute Gasteiger partial charge is 0.494 e. The molecule has 3 rings (SSSR count). The molecule has 0 saturated heterocycles. The van der Waals surface area contributed by atoms with E-state index in [0.29, 0.717) is 30.7 Å². The maximum atomic E-state index is 12.4. The van der Waals surface area contributed by atoms with Crippen molar-refractivity contribution < 1.29 is 23.8 Å². The van der Waals surface area contributed by atoms with Gasteiger partial charge in [0.1, 0.15) is 17.6 Å². The maximum Gasteiger partial charge on any atom is 0.337 e. The molecule has 1 heterocycles. The highest BCUT2D eigenvalue weighted by molar-refractivity contribution is 5.94. The fourth-order valence-corrected chi connectivity index (χ4v) is 3.02. The third kappa shape index (κ3) is 4.82. The van der Waals surface area contributed by atoms with Crippen LogP contribution in [0.3, 0.4) is 0 Å². The van der Waals surface area contributed by atoms with Crippen molar-refractivity contribution in [2.45, 2.75) is 32.3 Å². The number of hydrogen-bond acceptors (Lipinski definition) is 5. The Morgan fingerprint density at radius 2 is 1.89 bits per heavy atom. The van der Waals surface area contributed by atoms with Gasteiger partial charge >= 0.3 is 5.97 Å². The number of hydrogen-bond donors (Lipinski definition) is 1. The van der Waals surface area contributed by atoms with Gasteiger partial charge < -0.3 is 19.5 Å². The third-order valence-electron chi connectivity index (χ3n) is 4.60. The monoisotopic (exact) mass is 383 g/mol. The lowest BCUT2D eigenvalue weighted by Gasteiger charge is -2.12. The molecule has 0 aliphatic carbocycles. The van der Waals surface area contributed by atoms with Crippen LogP contribution in [0.15, 0.2) is 42.5 Å². The summed E-state index contributed by atoms with van der Waals surface area (Å²) < 4.78 is 16.2. The average molecular weight is 383 g/mol. The normalized spacial score (nSPS) is 14.7. The molecule has 28 heavy (non-hydrogen) atoms. The Balaban J connectivity index is 1.50. The van der Waals surface area contributed by atoms with Crippen LogP contribution in [0.1, 0.15) is 46.0 Å². The molecule has 2 aromatic carbocycles.